The third-order valence-electron chi connectivity index (χ3n) is 23.8. The van der Waals surface area contributed by atoms with Gasteiger partial charge in [0.15, 0.2) is 0 Å². The van der Waals surface area contributed by atoms with E-state index < -0.39 is 0 Å². The fourth-order valence-corrected chi connectivity index (χ4v) is 18.6. The molecule has 0 atom stereocenters. The Morgan fingerprint density at radius 3 is 0.858 bits per heavy atom. The van der Waals surface area contributed by atoms with Gasteiger partial charge >= 0.3 is 0 Å². The zero-order valence-corrected chi connectivity index (χ0v) is 64.9. The topological polar surface area (TPSA) is 97.1 Å². The average molecular weight is 1530 g/mol. The normalized spacial score (nSPS) is 11.7. The van der Waals surface area contributed by atoms with Gasteiger partial charge in [-0.15, -0.1) is 0 Å². The number of fused-ring (bicyclic) bond motifs is 20. The molecule has 10 heteroatoms. The van der Waals surface area contributed by atoms with Crippen LogP contribution in [0.15, 0.2) is 426 Å². The molecule has 0 unspecified atom stereocenters. The van der Waals surface area contributed by atoms with Crippen LogP contribution in [-0.2, 0) is 0 Å². The van der Waals surface area contributed by atoms with Crippen LogP contribution in [0, 0.1) is 0 Å². The number of aromatic nitrogens is 10. The Kier molecular flexibility index (Phi) is 16.7. The molecule has 26 rings (SSSR count). The summed E-state index contributed by atoms with van der Waals surface area (Å²) in [5.41, 5.74) is 39.9. The second-order valence-electron chi connectivity index (χ2n) is 30.4. The average Bonchev–Trinajstić information content (AvgIpc) is 1.59. The first kappa shape index (κ1) is 69.2. The quantitative estimate of drug-likeness (QED) is 0.165. The van der Waals surface area contributed by atoms with E-state index in [1.54, 1.807) is 0 Å². The molecule has 22 aromatic rings. The molecule has 120 heavy (non-hydrogen) atoms. The van der Waals surface area contributed by atoms with Crippen LogP contribution in [0.25, 0.3) is 223 Å². The molecule has 0 bridgehead atoms. The van der Waals surface area contributed by atoms with Crippen LogP contribution < -0.4 is 0 Å². The second-order valence-corrected chi connectivity index (χ2v) is 30.4. The molecule has 0 saturated carbocycles. The first-order chi connectivity index (χ1) is 59.6. The van der Waals surface area contributed by atoms with E-state index >= 15 is 0 Å². The molecule has 10 nitrogen and oxygen atoms in total. The van der Waals surface area contributed by atoms with E-state index in [1.807, 2.05) is 91.6 Å². The molecular weight excluding hydrogens is 1460 g/mol. The minimum atomic E-state index is 0.899. The summed E-state index contributed by atoms with van der Waals surface area (Å²) < 4.78 is 8.96. The molecule has 4 aliphatic carbocycles. The van der Waals surface area contributed by atoms with E-state index in [0.29, 0.717) is 0 Å². The number of rotatable bonds is 6. The molecule has 10 aromatic heterocycles. The summed E-state index contributed by atoms with van der Waals surface area (Å²) in [6.45, 7) is 0. The third kappa shape index (κ3) is 11.5. The number of benzene rings is 12. The van der Waals surface area contributed by atoms with Crippen LogP contribution in [0.2, 0.25) is 0 Å². The summed E-state index contributed by atoms with van der Waals surface area (Å²) in [5, 5.41) is 4.97. The van der Waals surface area contributed by atoms with Gasteiger partial charge in [-0.3, -0.25) is 19.9 Å². The molecule has 12 aromatic carbocycles. The summed E-state index contributed by atoms with van der Waals surface area (Å²) in [6.07, 6.45) is 18.2. The van der Waals surface area contributed by atoms with Gasteiger partial charge in [-0.1, -0.05) is 273 Å². The maximum absolute atomic E-state index is 5.03. The maximum Gasteiger partial charge on any atom is 0.137 e. The van der Waals surface area contributed by atoms with Crippen molar-refractivity contribution in [1.82, 2.24) is 48.2 Å². The minimum absolute atomic E-state index is 0.899. The van der Waals surface area contributed by atoms with Gasteiger partial charge in [0.05, 0.1) is 50.5 Å². The van der Waals surface area contributed by atoms with Gasteiger partial charge in [-0.2, -0.15) is 0 Å². The summed E-state index contributed by atoms with van der Waals surface area (Å²) in [5.74, 6) is 1.81. The molecule has 0 spiro atoms. The van der Waals surface area contributed by atoms with E-state index in [2.05, 4.69) is 357 Å². The van der Waals surface area contributed by atoms with Crippen molar-refractivity contribution in [2.75, 3.05) is 0 Å². The van der Waals surface area contributed by atoms with E-state index in [1.165, 1.54) is 138 Å². The first-order valence-electron chi connectivity index (χ1n) is 40.5. The monoisotopic (exact) mass is 1530 g/mol. The maximum atomic E-state index is 5.03. The highest BCUT2D eigenvalue weighted by atomic mass is 15.1. The Bertz CT molecular complexity index is 7320. The molecule has 560 valence electrons. The van der Waals surface area contributed by atoms with Crippen LogP contribution in [-0.4, -0.2) is 48.2 Å². The minimum Gasteiger partial charge on any atom is -0.316 e. The summed E-state index contributed by atoms with van der Waals surface area (Å²) >= 11 is 0. The number of para-hydroxylation sites is 1. The van der Waals surface area contributed by atoms with Crippen molar-refractivity contribution in [3.8, 4) is 179 Å². The third-order valence-corrected chi connectivity index (χ3v) is 23.8. The first-order valence-corrected chi connectivity index (χ1v) is 40.5. The van der Waals surface area contributed by atoms with Crippen molar-refractivity contribution in [1.29, 1.82) is 0 Å². The van der Waals surface area contributed by atoms with Gasteiger partial charge < -0.3 is 18.3 Å². The van der Waals surface area contributed by atoms with Crippen molar-refractivity contribution in [3.63, 3.8) is 0 Å². The molecule has 4 aliphatic rings. The van der Waals surface area contributed by atoms with Gasteiger partial charge in [0.2, 0.25) is 0 Å². The van der Waals surface area contributed by atoms with Crippen molar-refractivity contribution >= 4 is 43.6 Å². The largest absolute Gasteiger partial charge is 0.316 e. The van der Waals surface area contributed by atoms with Crippen molar-refractivity contribution < 1.29 is 0 Å². The predicted molar refractivity (Wildman–Crippen MR) is 490 cm³/mol. The Morgan fingerprint density at radius 1 is 0.167 bits per heavy atom. The van der Waals surface area contributed by atoms with Gasteiger partial charge in [-0.05, 0) is 175 Å². The lowest BCUT2D eigenvalue weighted by atomic mass is 9.95. The highest BCUT2D eigenvalue weighted by Crippen LogP contribution is 2.53. The van der Waals surface area contributed by atoms with Crippen LogP contribution in [0.3, 0.4) is 0 Å². The van der Waals surface area contributed by atoms with Gasteiger partial charge in [-0.25, -0.2) is 9.97 Å². The molecule has 0 saturated heterocycles. The fourth-order valence-electron chi connectivity index (χ4n) is 18.6. The lowest BCUT2D eigenvalue weighted by Gasteiger charge is -2.12. The Labute approximate surface area is 692 Å². The Morgan fingerprint density at radius 2 is 0.450 bits per heavy atom. The van der Waals surface area contributed by atoms with E-state index in [4.69, 9.17) is 24.9 Å². The van der Waals surface area contributed by atoms with Crippen LogP contribution in [0.5, 0.6) is 0 Å². The van der Waals surface area contributed by atoms with Crippen LogP contribution in [0.4, 0.5) is 0 Å². The zero-order valence-electron chi connectivity index (χ0n) is 64.9. The van der Waals surface area contributed by atoms with Crippen LogP contribution in [0.1, 0.15) is 0 Å². The van der Waals surface area contributed by atoms with Gasteiger partial charge in [0.25, 0.3) is 0 Å². The number of hydrogen-bond donors (Lipinski definition) is 0. The molecule has 0 radical (unpaired) electrons. The highest BCUT2D eigenvalue weighted by Gasteiger charge is 2.31. The molecule has 0 amide bonds. The lowest BCUT2D eigenvalue weighted by molar-refractivity contribution is 1.04. The second kappa shape index (κ2) is 28.9. The van der Waals surface area contributed by atoms with Crippen molar-refractivity contribution in [3.05, 3.63) is 426 Å². The van der Waals surface area contributed by atoms with Crippen molar-refractivity contribution in [2.45, 2.75) is 0 Å². The van der Waals surface area contributed by atoms with Gasteiger partial charge in [0, 0.05) is 139 Å². The van der Waals surface area contributed by atoms with Gasteiger partial charge in [0.1, 0.15) is 11.6 Å². The molecular formula is C110H70N10. The molecule has 0 N–H and O–H groups in total. The summed E-state index contributed by atoms with van der Waals surface area (Å²) in [7, 11) is 0. The van der Waals surface area contributed by atoms with E-state index in [0.717, 1.165) is 84.8 Å². The van der Waals surface area contributed by atoms with Crippen molar-refractivity contribution in [2.24, 2.45) is 0 Å². The number of pyridine rings is 6. The van der Waals surface area contributed by atoms with Crippen LogP contribution >= 0.6 is 0 Å². The Hall–Kier alpha value is -16.3. The standard InChI is InChI=1S/C31H20N2.C30H19N3.C25H16N2.C24H15N3/c1-2-9-21(10-3-1)22-11-6-12-23(19-22)33-20-28-30-26(15-7-17-29(30)33)24-13-4-5-14-25(24)27-16-8-18-32-31(27)28;1-2-9-20(10-3-1)26-15-7-17-28(32-26)33-19-25-29-23(13-6-16-27(29)33)21-11-4-5-12-22(21)24-14-8-18-31-30(24)25;1-2-8-17(9-3-1)27-16-22-24-20(12-6-14-23(24)27)18-10-4-5-11-19(18)21-13-7-15-26-25(21)22;1-2-8-17-16(7-1)18-9-5-11-21-23(18)20(24-19(17)10-6-14-26-24)15-27(21)22-12-3-4-13-25-22/h1-20H;1-19H;1-16H;1-15H. The van der Waals surface area contributed by atoms with E-state index in [9.17, 15) is 0 Å². The molecule has 0 fully saturated rings. The smallest absolute Gasteiger partial charge is 0.137 e. The number of hydrogen-bond acceptors (Lipinski definition) is 6. The SMILES string of the molecule is c1ccc(-c2cccc(-n3cc4c5c(cccc53)-c3ccccc3-c3cccnc3-4)c2)cc1.c1ccc(-c2cccc(-n3cc4c5c(cccc53)-c3ccccc3-c3cccnc3-4)n2)cc1.c1ccc(-n2cc3c4c(cccc42)-c2ccccc2-c2cccnc2-3)cc1.c1ccc(-n2cc3c4c(cccc42)-c2ccccc2-c2cccnc2-3)nc1. The Balaban J connectivity index is 0.0000000938. The fraction of sp³-hybridized carbons (Fsp3) is 0. The van der Waals surface area contributed by atoms with E-state index in [-0.39, 0.29) is 0 Å². The summed E-state index contributed by atoms with van der Waals surface area (Å²) in [6, 6.07) is 130. The lowest BCUT2D eigenvalue weighted by Crippen LogP contribution is -1.97. The number of nitrogens with zero attached hydrogens (tertiary/aromatic N) is 10. The molecule has 0 aliphatic heterocycles. The molecule has 10 heterocycles. The summed E-state index contributed by atoms with van der Waals surface area (Å²) in [4.78, 5) is 28.9. The predicted octanol–water partition coefficient (Wildman–Crippen LogP) is 27.5. The zero-order chi connectivity index (χ0) is 79.1. The highest BCUT2D eigenvalue weighted by molar-refractivity contribution is 6.17.